The van der Waals surface area contributed by atoms with E-state index in [-0.39, 0.29) is 0 Å². The first-order chi connectivity index (χ1) is 28.4. The Kier molecular flexibility index (Phi) is 8.89. The van der Waals surface area contributed by atoms with Gasteiger partial charge >= 0.3 is 0 Å². The summed E-state index contributed by atoms with van der Waals surface area (Å²) < 4.78 is 4.41. The molecule has 0 spiro atoms. The summed E-state index contributed by atoms with van der Waals surface area (Å²) in [5.41, 5.74) is 9.67. The molecule has 0 unspecified atom stereocenters. The number of halogens is 4. The van der Waals surface area contributed by atoms with Crippen LogP contribution in [0, 0.1) is 0 Å². The van der Waals surface area contributed by atoms with Crippen LogP contribution >= 0.6 is 63.7 Å². The van der Waals surface area contributed by atoms with Gasteiger partial charge in [-0.1, -0.05) is 158 Å². The molecule has 0 fully saturated rings. The molecule has 0 amide bonds. The molecular formula is C54H30Br4. The maximum atomic E-state index is 4.08. The van der Waals surface area contributed by atoms with Crippen LogP contribution in [0.5, 0.6) is 0 Å². The van der Waals surface area contributed by atoms with Gasteiger partial charge in [0.1, 0.15) is 0 Å². The summed E-state index contributed by atoms with van der Waals surface area (Å²) in [4.78, 5) is 0. The topological polar surface area (TPSA) is 0 Å². The number of hydrogen-bond acceptors (Lipinski definition) is 0. The summed E-state index contributed by atoms with van der Waals surface area (Å²) in [7, 11) is 0. The van der Waals surface area contributed by atoms with Crippen LogP contribution in [0.1, 0.15) is 0 Å². The predicted octanol–water partition coefficient (Wildman–Crippen LogP) is 18.3. The van der Waals surface area contributed by atoms with Crippen LogP contribution < -0.4 is 0 Å². The molecule has 0 heterocycles. The summed E-state index contributed by atoms with van der Waals surface area (Å²) in [6.45, 7) is 0. The Hall–Kier alpha value is -5.10. The van der Waals surface area contributed by atoms with Gasteiger partial charge in [0, 0.05) is 17.9 Å². The number of rotatable bonds is 4. The lowest BCUT2D eigenvalue weighted by Crippen LogP contribution is -1.92. The monoisotopic (exact) mass is 994 g/mol. The molecule has 0 aliphatic rings. The molecular weight excluding hydrogens is 968 g/mol. The van der Waals surface area contributed by atoms with Crippen molar-refractivity contribution in [2.75, 3.05) is 0 Å². The zero-order valence-corrected chi connectivity index (χ0v) is 37.2. The third-order valence-electron chi connectivity index (χ3n) is 11.7. The highest BCUT2D eigenvalue weighted by molar-refractivity contribution is 9.11. The van der Waals surface area contributed by atoms with Crippen LogP contribution in [0.4, 0.5) is 0 Å². The van der Waals surface area contributed by atoms with Gasteiger partial charge in [0.25, 0.3) is 0 Å². The fourth-order valence-electron chi connectivity index (χ4n) is 8.93. The van der Waals surface area contributed by atoms with Gasteiger partial charge in [-0.15, -0.1) is 0 Å². The molecule has 274 valence electrons. The van der Waals surface area contributed by atoms with Crippen LogP contribution in [-0.2, 0) is 0 Å². The van der Waals surface area contributed by atoms with Crippen molar-refractivity contribution in [1.29, 1.82) is 0 Å². The van der Waals surface area contributed by atoms with Crippen molar-refractivity contribution in [3.8, 4) is 44.5 Å². The van der Waals surface area contributed by atoms with Gasteiger partial charge in [-0.25, -0.2) is 0 Å². The lowest BCUT2D eigenvalue weighted by atomic mass is 9.85. The van der Waals surface area contributed by atoms with E-state index in [2.05, 4.69) is 246 Å². The van der Waals surface area contributed by atoms with E-state index in [4.69, 9.17) is 0 Å². The standard InChI is InChI=1S/C54H30Br4/c55-51-43-25-21-35(29-47(43)53(57)41-23-19-33(27-45(41)51)31-11-3-1-4-12-31)49-37-15-7-9-17-39(37)50(40-18-10-8-16-38(40)49)36-22-26-44-48(30-36)54(58)42-24-20-34(28-46(42)52(44)56)32-13-5-2-6-14-32/h1-30H. The van der Waals surface area contributed by atoms with Gasteiger partial charge in [0.05, 0.1) is 0 Å². The van der Waals surface area contributed by atoms with Crippen LogP contribution in [0.2, 0.25) is 0 Å². The summed E-state index contributed by atoms with van der Waals surface area (Å²) in [6.07, 6.45) is 0. The number of benzene rings is 11. The van der Waals surface area contributed by atoms with E-state index in [1.54, 1.807) is 0 Å². The Morgan fingerprint density at radius 1 is 0.190 bits per heavy atom. The normalized spacial score (nSPS) is 11.8. The van der Waals surface area contributed by atoms with Crippen molar-refractivity contribution in [2.24, 2.45) is 0 Å². The van der Waals surface area contributed by atoms with E-state index in [1.807, 2.05) is 0 Å². The minimum atomic E-state index is 1.10. The molecule has 4 heteroatoms. The van der Waals surface area contributed by atoms with E-state index in [1.165, 1.54) is 109 Å². The van der Waals surface area contributed by atoms with E-state index < -0.39 is 0 Å². The molecule has 0 aromatic heterocycles. The van der Waals surface area contributed by atoms with Crippen molar-refractivity contribution >= 4 is 128 Å². The third kappa shape index (κ3) is 5.72. The molecule has 0 atom stereocenters. The van der Waals surface area contributed by atoms with Crippen molar-refractivity contribution in [3.05, 3.63) is 200 Å². The minimum absolute atomic E-state index is 1.10. The second-order valence-corrected chi connectivity index (χ2v) is 18.0. The molecule has 0 radical (unpaired) electrons. The number of hydrogen-bond donors (Lipinski definition) is 0. The van der Waals surface area contributed by atoms with Crippen molar-refractivity contribution in [3.63, 3.8) is 0 Å². The largest absolute Gasteiger partial charge is 0.0622 e. The lowest BCUT2D eigenvalue weighted by molar-refractivity contribution is 1.63. The molecule has 0 N–H and O–H groups in total. The lowest BCUT2D eigenvalue weighted by Gasteiger charge is -2.19. The highest BCUT2D eigenvalue weighted by Crippen LogP contribution is 2.48. The first-order valence-corrected chi connectivity index (χ1v) is 22.4. The Balaban J connectivity index is 1.10. The first kappa shape index (κ1) is 36.0. The molecule has 11 aromatic rings. The van der Waals surface area contributed by atoms with E-state index in [0.717, 1.165) is 17.9 Å². The van der Waals surface area contributed by atoms with Crippen molar-refractivity contribution in [2.45, 2.75) is 0 Å². The summed E-state index contributed by atoms with van der Waals surface area (Å²) >= 11 is 16.2. The predicted molar refractivity (Wildman–Crippen MR) is 264 cm³/mol. The van der Waals surface area contributed by atoms with E-state index in [0.29, 0.717) is 0 Å². The molecule has 0 saturated heterocycles. The molecule has 0 aliphatic heterocycles. The molecule has 0 bridgehead atoms. The van der Waals surface area contributed by atoms with Crippen LogP contribution in [0.15, 0.2) is 200 Å². The van der Waals surface area contributed by atoms with Crippen LogP contribution in [-0.4, -0.2) is 0 Å². The Labute approximate surface area is 369 Å². The molecule has 11 rings (SSSR count). The average molecular weight is 998 g/mol. The molecule has 11 aromatic carbocycles. The second-order valence-electron chi connectivity index (χ2n) is 14.9. The second kappa shape index (κ2) is 14.3. The number of fused-ring (bicyclic) bond motifs is 6. The zero-order chi connectivity index (χ0) is 39.1. The van der Waals surface area contributed by atoms with Crippen LogP contribution in [0.3, 0.4) is 0 Å². The summed E-state index contributed by atoms with van der Waals surface area (Å²) in [5, 5.41) is 14.4. The smallest absolute Gasteiger partial charge is 0.0333 e. The average Bonchev–Trinajstić information content (AvgIpc) is 3.29. The van der Waals surface area contributed by atoms with E-state index >= 15 is 0 Å². The maximum absolute atomic E-state index is 4.08. The highest BCUT2D eigenvalue weighted by atomic mass is 79.9. The van der Waals surface area contributed by atoms with Crippen molar-refractivity contribution < 1.29 is 0 Å². The maximum Gasteiger partial charge on any atom is 0.0333 e. The third-order valence-corrected chi connectivity index (χ3v) is 15.1. The van der Waals surface area contributed by atoms with Gasteiger partial charge in [0.15, 0.2) is 0 Å². The molecule has 0 saturated carbocycles. The SMILES string of the molecule is Brc1c2ccc(-c3c4ccccc4c(-c4ccc5c(Br)c6cc(-c7ccccc7)ccc6c(Br)c5c4)c4ccccc34)cc2c(Br)c2ccc(-c3ccccc3)cc12. The summed E-state index contributed by atoms with van der Waals surface area (Å²) in [5.74, 6) is 0. The summed E-state index contributed by atoms with van der Waals surface area (Å²) in [6, 6.07) is 66.3. The van der Waals surface area contributed by atoms with Crippen LogP contribution in [0.25, 0.3) is 109 Å². The van der Waals surface area contributed by atoms with Gasteiger partial charge in [-0.2, -0.15) is 0 Å². The Bertz CT molecular complexity index is 3190. The van der Waals surface area contributed by atoms with Crippen molar-refractivity contribution in [1.82, 2.24) is 0 Å². The fourth-order valence-corrected chi connectivity index (χ4v) is 11.6. The quantitative estimate of drug-likeness (QED) is 0.154. The Morgan fingerprint density at radius 2 is 0.448 bits per heavy atom. The fraction of sp³-hybridized carbons (Fsp3) is 0. The minimum Gasteiger partial charge on any atom is -0.0622 e. The van der Waals surface area contributed by atoms with Gasteiger partial charge in [-0.3, -0.25) is 0 Å². The highest BCUT2D eigenvalue weighted by Gasteiger charge is 2.20. The van der Waals surface area contributed by atoms with Gasteiger partial charge < -0.3 is 0 Å². The zero-order valence-electron chi connectivity index (χ0n) is 30.8. The molecule has 58 heavy (non-hydrogen) atoms. The van der Waals surface area contributed by atoms with Gasteiger partial charge in [-0.05, 0) is 197 Å². The Morgan fingerprint density at radius 3 is 0.759 bits per heavy atom. The molecule has 0 nitrogen and oxygen atoms in total. The van der Waals surface area contributed by atoms with Gasteiger partial charge in [0.2, 0.25) is 0 Å². The van der Waals surface area contributed by atoms with E-state index in [9.17, 15) is 0 Å². The molecule has 0 aliphatic carbocycles. The first-order valence-electron chi connectivity index (χ1n) is 19.2.